The van der Waals surface area contributed by atoms with Crippen LogP contribution in [-0.2, 0) is 6.54 Å². The number of imidazole rings is 1. The molecule has 0 aliphatic rings. The van der Waals surface area contributed by atoms with E-state index in [0.29, 0.717) is 19.5 Å². The van der Waals surface area contributed by atoms with Gasteiger partial charge >= 0.3 is 0 Å². The second kappa shape index (κ2) is 10.2. The van der Waals surface area contributed by atoms with Crippen molar-refractivity contribution < 1.29 is 5.11 Å². The fraction of sp³-hybridized carbons (Fsp3) is 0.286. The minimum Gasteiger partial charge on any atom is -0.388 e. The maximum absolute atomic E-state index is 10.3. The molecule has 0 spiro atoms. The first kappa shape index (κ1) is 19.6. The maximum Gasteiger partial charge on any atom is 0.191 e. The molecule has 0 saturated carbocycles. The average molecular weight is 378 g/mol. The third-order valence-corrected chi connectivity index (χ3v) is 4.24. The Bertz CT molecular complexity index is 846. The molecule has 0 aliphatic carbocycles. The van der Waals surface area contributed by atoms with Crippen molar-refractivity contribution in [2.24, 2.45) is 4.99 Å². The van der Waals surface area contributed by atoms with Gasteiger partial charge in [0, 0.05) is 31.7 Å². The van der Waals surface area contributed by atoms with Crippen molar-refractivity contribution in [1.82, 2.24) is 25.2 Å². The molecule has 146 valence electrons. The Morgan fingerprint density at radius 2 is 2.04 bits per heavy atom. The van der Waals surface area contributed by atoms with E-state index in [2.05, 4.69) is 25.6 Å². The Hall–Kier alpha value is -3.19. The van der Waals surface area contributed by atoms with Gasteiger partial charge in [0.2, 0.25) is 0 Å². The fourth-order valence-corrected chi connectivity index (χ4v) is 2.74. The van der Waals surface area contributed by atoms with Crippen LogP contribution in [0.2, 0.25) is 0 Å². The van der Waals surface area contributed by atoms with E-state index < -0.39 is 6.10 Å². The largest absolute Gasteiger partial charge is 0.388 e. The number of hydrogen-bond acceptors (Lipinski definition) is 4. The first-order chi connectivity index (χ1) is 13.8. The molecule has 0 aliphatic heterocycles. The summed E-state index contributed by atoms with van der Waals surface area (Å²) in [6.45, 7) is 3.94. The van der Waals surface area contributed by atoms with Crippen molar-refractivity contribution in [1.29, 1.82) is 0 Å². The van der Waals surface area contributed by atoms with E-state index in [1.807, 2.05) is 66.3 Å². The van der Waals surface area contributed by atoms with Gasteiger partial charge < -0.3 is 15.7 Å². The number of aliphatic hydroxyl groups is 1. The molecular weight excluding hydrogens is 352 g/mol. The summed E-state index contributed by atoms with van der Waals surface area (Å²) >= 11 is 0. The van der Waals surface area contributed by atoms with Crippen LogP contribution < -0.4 is 10.6 Å². The van der Waals surface area contributed by atoms with Gasteiger partial charge in [0.15, 0.2) is 5.96 Å². The predicted octanol–water partition coefficient (Wildman–Crippen LogP) is 2.45. The van der Waals surface area contributed by atoms with Crippen LogP contribution in [-0.4, -0.2) is 38.7 Å². The quantitative estimate of drug-likeness (QED) is 0.414. The van der Waals surface area contributed by atoms with Gasteiger partial charge in [0.1, 0.15) is 12.1 Å². The highest BCUT2D eigenvalue weighted by Gasteiger charge is 2.07. The number of aliphatic imine (C=N–C) groups is 1. The van der Waals surface area contributed by atoms with Gasteiger partial charge in [-0.05, 0) is 30.5 Å². The van der Waals surface area contributed by atoms with E-state index in [4.69, 9.17) is 0 Å². The summed E-state index contributed by atoms with van der Waals surface area (Å²) in [6.07, 6.45) is 7.24. The minimum atomic E-state index is -0.489. The molecular formula is C21H26N6O. The number of hydrogen-bond donors (Lipinski definition) is 3. The van der Waals surface area contributed by atoms with E-state index in [0.717, 1.165) is 29.4 Å². The Labute approximate surface area is 165 Å². The molecule has 2 heterocycles. The van der Waals surface area contributed by atoms with E-state index in [9.17, 15) is 5.11 Å². The van der Waals surface area contributed by atoms with E-state index in [1.54, 1.807) is 12.5 Å². The summed E-state index contributed by atoms with van der Waals surface area (Å²) < 4.78 is 1.86. The van der Waals surface area contributed by atoms with Gasteiger partial charge in [-0.1, -0.05) is 36.4 Å². The normalized spacial score (nSPS) is 12.6. The van der Waals surface area contributed by atoms with Crippen molar-refractivity contribution in [2.75, 3.05) is 13.1 Å². The maximum atomic E-state index is 10.3. The molecule has 0 radical (unpaired) electrons. The molecule has 3 N–H and O–H groups in total. The monoisotopic (exact) mass is 378 g/mol. The molecule has 2 aromatic heterocycles. The van der Waals surface area contributed by atoms with E-state index >= 15 is 0 Å². The Morgan fingerprint density at radius 3 is 2.71 bits per heavy atom. The minimum absolute atomic E-state index is 0.489. The van der Waals surface area contributed by atoms with Crippen LogP contribution in [0.3, 0.4) is 0 Å². The lowest BCUT2D eigenvalue weighted by Gasteiger charge is -2.14. The first-order valence-electron chi connectivity index (χ1n) is 9.44. The van der Waals surface area contributed by atoms with Gasteiger partial charge in [0.05, 0.1) is 12.6 Å². The summed E-state index contributed by atoms with van der Waals surface area (Å²) in [5.41, 5.74) is 1.95. The highest BCUT2D eigenvalue weighted by atomic mass is 16.3. The fourth-order valence-electron chi connectivity index (χ4n) is 2.74. The Kier molecular flexibility index (Phi) is 7.14. The standard InChI is InChI=1S/C21H26N6O/c1-2-23-21(24-11-10-19(28)18-6-4-3-5-7-18)26-15-17-8-9-20(25-14-17)27-13-12-22-16-27/h3-9,12-14,16,19,28H,2,10-11,15H2,1H3,(H2,23,24,26). The van der Waals surface area contributed by atoms with E-state index in [-0.39, 0.29) is 0 Å². The zero-order chi connectivity index (χ0) is 19.6. The lowest BCUT2D eigenvalue weighted by atomic mass is 10.1. The molecule has 3 aromatic rings. The van der Waals surface area contributed by atoms with Crippen LogP contribution in [0.1, 0.15) is 30.6 Å². The van der Waals surface area contributed by atoms with Crippen LogP contribution in [0.15, 0.2) is 72.4 Å². The third kappa shape index (κ3) is 5.65. The topological polar surface area (TPSA) is 87.4 Å². The molecule has 1 aromatic carbocycles. The molecule has 7 heteroatoms. The molecule has 1 unspecified atom stereocenters. The van der Waals surface area contributed by atoms with Crippen LogP contribution in [0.25, 0.3) is 5.82 Å². The van der Waals surface area contributed by atoms with Crippen molar-refractivity contribution in [3.05, 3.63) is 78.5 Å². The number of pyridine rings is 1. The highest BCUT2D eigenvalue weighted by Crippen LogP contribution is 2.14. The lowest BCUT2D eigenvalue weighted by molar-refractivity contribution is 0.168. The zero-order valence-electron chi connectivity index (χ0n) is 16.0. The van der Waals surface area contributed by atoms with Crippen LogP contribution in [0, 0.1) is 0 Å². The van der Waals surface area contributed by atoms with Crippen molar-refractivity contribution in [2.45, 2.75) is 26.0 Å². The summed E-state index contributed by atoms with van der Waals surface area (Å²) in [6, 6.07) is 13.6. The Balaban J connectivity index is 1.52. The SMILES string of the molecule is CCNC(=NCc1ccc(-n2ccnc2)nc1)NCCC(O)c1ccccc1. The molecule has 28 heavy (non-hydrogen) atoms. The molecule has 3 rings (SSSR count). The van der Waals surface area contributed by atoms with Gasteiger partial charge in [0.25, 0.3) is 0 Å². The number of aliphatic hydroxyl groups excluding tert-OH is 1. The van der Waals surface area contributed by atoms with Crippen molar-refractivity contribution >= 4 is 5.96 Å². The van der Waals surface area contributed by atoms with Crippen LogP contribution in [0.4, 0.5) is 0 Å². The molecule has 0 bridgehead atoms. The number of benzene rings is 1. The summed E-state index contributed by atoms with van der Waals surface area (Å²) in [5.74, 6) is 1.55. The highest BCUT2D eigenvalue weighted by molar-refractivity contribution is 5.79. The average Bonchev–Trinajstić information content (AvgIpc) is 3.28. The Morgan fingerprint density at radius 1 is 1.18 bits per heavy atom. The van der Waals surface area contributed by atoms with Crippen LogP contribution in [0.5, 0.6) is 0 Å². The second-order valence-corrected chi connectivity index (χ2v) is 6.33. The van der Waals surface area contributed by atoms with Gasteiger partial charge in [-0.15, -0.1) is 0 Å². The second-order valence-electron chi connectivity index (χ2n) is 6.33. The zero-order valence-corrected chi connectivity index (χ0v) is 16.0. The molecule has 1 atom stereocenters. The van der Waals surface area contributed by atoms with Crippen molar-refractivity contribution in [3.63, 3.8) is 0 Å². The lowest BCUT2D eigenvalue weighted by Crippen LogP contribution is -2.38. The number of nitrogens with zero attached hydrogens (tertiary/aromatic N) is 4. The van der Waals surface area contributed by atoms with Gasteiger partial charge in [-0.25, -0.2) is 15.0 Å². The van der Waals surface area contributed by atoms with Crippen molar-refractivity contribution in [3.8, 4) is 5.82 Å². The van der Waals surface area contributed by atoms with Gasteiger partial charge in [-0.2, -0.15) is 0 Å². The predicted molar refractivity (Wildman–Crippen MR) is 110 cm³/mol. The number of aromatic nitrogens is 3. The summed E-state index contributed by atoms with van der Waals surface area (Å²) in [5, 5.41) is 16.8. The van der Waals surface area contributed by atoms with E-state index in [1.165, 1.54) is 0 Å². The number of guanidine groups is 1. The number of rotatable bonds is 8. The molecule has 7 nitrogen and oxygen atoms in total. The smallest absolute Gasteiger partial charge is 0.191 e. The summed E-state index contributed by atoms with van der Waals surface area (Å²) in [4.78, 5) is 13.1. The first-order valence-corrected chi connectivity index (χ1v) is 9.44. The molecule has 0 saturated heterocycles. The van der Waals surface area contributed by atoms with Gasteiger partial charge in [-0.3, -0.25) is 4.57 Å². The third-order valence-electron chi connectivity index (χ3n) is 4.24. The molecule has 0 fully saturated rings. The number of nitrogens with one attached hydrogen (secondary N) is 2. The summed E-state index contributed by atoms with van der Waals surface area (Å²) in [7, 11) is 0. The van der Waals surface area contributed by atoms with Crippen LogP contribution >= 0.6 is 0 Å². The molecule has 0 amide bonds.